The van der Waals surface area contributed by atoms with Gasteiger partial charge in [0.05, 0.1) is 6.10 Å². The number of carbonyl (C=O) groups excluding carboxylic acids is 1. The maximum atomic E-state index is 11.8. The first-order valence-electron chi connectivity index (χ1n) is 11.1. The molecule has 3 rings (SSSR count). The number of hydroxylamine groups is 1. The average molecular weight is 430 g/mol. The molecule has 1 aliphatic carbocycles. The molecule has 0 unspecified atom stereocenters. The Morgan fingerprint density at radius 1 is 0.935 bits per heavy atom. The van der Waals surface area contributed by atoms with E-state index in [0.29, 0.717) is 30.2 Å². The molecule has 0 spiro atoms. The molecule has 1 heterocycles. The Labute approximate surface area is 181 Å². The highest BCUT2D eigenvalue weighted by atomic mass is 16.7. The van der Waals surface area contributed by atoms with E-state index in [0.717, 1.165) is 44.9 Å². The second kappa shape index (κ2) is 12.0. The summed E-state index contributed by atoms with van der Waals surface area (Å²) in [6.07, 6.45) is 12.6. The van der Waals surface area contributed by atoms with E-state index in [-0.39, 0.29) is 12.1 Å². The molecule has 31 heavy (non-hydrogen) atoms. The lowest BCUT2D eigenvalue weighted by molar-refractivity contribution is -0.0115. The summed E-state index contributed by atoms with van der Waals surface area (Å²) in [5.74, 6) is 0. The minimum absolute atomic E-state index is 0.118. The number of aromatic nitrogens is 1. The summed E-state index contributed by atoms with van der Waals surface area (Å²) in [4.78, 5) is 44.8. The van der Waals surface area contributed by atoms with E-state index in [1.807, 2.05) is 0 Å². The van der Waals surface area contributed by atoms with Crippen LogP contribution < -0.4 is 32.3 Å². The summed E-state index contributed by atoms with van der Waals surface area (Å²) in [5, 5.41) is 8.79. The standard InChI is InChI=1S/C22H31N5O4/c28-20-18(19(21(20)29)26-16-10-14-23-15-11-16)24-12-6-3-7-13-25-22(30)27-31-17-8-4-1-2-5-9-17/h10-11,14-15,17,24H,1-9,12-13H2,(H,23,26)(H2,25,27,30). The molecule has 0 bridgehead atoms. The first kappa shape index (κ1) is 22.7. The number of urea groups is 1. The quantitative estimate of drug-likeness (QED) is 0.187. The summed E-state index contributed by atoms with van der Waals surface area (Å²) >= 11 is 0. The average Bonchev–Trinajstić information content (AvgIpc) is 3.07. The molecule has 2 aromatic rings. The Kier molecular flexibility index (Phi) is 8.84. The van der Waals surface area contributed by atoms with Crippen LogP contribution in [0.1, 0.15) is 57.8 Å². The van der Waals surface area contributed by atoms with Gasteiger partial charge in [-0.05, 0) is 44.2 Å². The van der Waals surface area contributed by atoms with Crippen molar-refractivity contribution in [3.63, 3.8) is 0 Å². The third-order valence-electron chi connectivity index (χ3n) is 5.42. The molecule has 2 amide bonds. The maximum Gasteiger partial charge on any atom is 0.338 e. The number of nitrogens with one attached hydrogen (secondary N) is 4. The Morgan fingerprint density at radius 3 is 2.35 bits per heavy atom. The molecule has 0 saturated heterocycles. The minimum Gasteiger partial charge on any atom is -0.380 e. The van der Waals surface area contributed by atoms with Crippen LogP contribution in [0.4, 0.5) is 21.9 Å². The minimum atomic E-state index is -0.513. The van der Waals surface area contributed by atoms with Gasteiger partial charge in [0.2, 0.25) is 0 Å². The highest BCUT2D eigenvalue weighted by Crippen LogP contribution is 2.20. The molecule has 9 nitrogen and oxygen atoms in total. The number of hydrogen-bond donors (Lipinski definition) is 4. The summed E-state index contributed by atoms with van der Waals surface area (Å²) in [6, 6.07) is 3.15. The highest BCUT2D eigenvalue weighted by molar-refractivity contribution is 5.78. The molecule has 1 aliphatic rings. The molecule has 0 aliphatic heterocycles. The van der Waals surface area contributed by atoms with Gasteiger partial charge in [-0.2, -0.15) is 0 Å². The third-order valence-corrected chi connectivity index (χ3v) is 5.42. The van der Waals surface area contributed by atoms with Gasteiger partial charge in [-0.25, -0.2) is 10.3 Å². The zero-order valence-corrected chi connectivity index (χ0v) is 17.7. The van der Waals surface area contributed by atoms with Crippen molar-refractivity contribution in [2.45, 2.75) is 63.9 Å². The topological polar surface area (TPSA) is 121 Å². The zero-order chi connectivity index (χ0) is 21.9. The van der Waals surface area contributed by atoms with E-state index in [9.17, 15) is 14.4 Å². The molecule has 168 valence electrons. The molecule has 0 radical (unpaired) electrons. The van der Waals surface area contributed by atoms with Gasteiger partial charge in [0.15, 0.2) is 0 Å². The Balaban J connectivity index is 1.26. The number of nitrogens with zero attached hydrogens (tertiary/aromatic N) is 1. The molecule has 1 fully saturated rings. The monoisotopic (exact) mass is 429 g/mol. The van der Waals surface area contributed by atoms with Crippen molar-refractivity contribution < 1.29 is 9.63 Å². The van der Waals surface area contributed by atoms with Crippen LogP contribution in [-0.2, 0) is 4.84 Å². The van der Waals surface area contributed by atoms with Crippen molar-refractivity contribution in [3.8, 4) is 0 Å². The smallest absolute Gasteiger partial charge is 0.338 e. The van der Waals surface area contributed by atoms with Crippen molar-refractivity contribution in [1.29, 1.82) is 0 Å². The van der Waals surface area contributed by atoms with Crippen LogP contribution in [0.3, 0.4) is 0 Å². The van der Waals surface area contributed by atoms with Crippen LogP contribution in [-0.4, -0.2) is 30.2 Å². The fraction of sp³-hybridized carbons (Fsp3) is 0.545. The molecule has 4 N–H and O–H groups in total. The van der Waals surface area contributed by atoms with Crippen LogP contribution in [0.2, 0.25) is 0 Å². The van der Waals surface area contributed by atoms with Crippen molar-refractivity contribution >= 4 is 23.1 Å². The zero-order valence-electron chi connectivity index (χ0n) is 17.7. The molecular weight excluding hydrogens is 398 g/mol. The van der Waals surface area contributed by atoms with Gasteiger partial charge >= 0.3 is 6.03 Å². The maximum absolute atomic E-state index is 11.8. The predicted molar refractivity (Wildman–Crippen MR) is 120 cm³/mol. The Hall–Kier alpha value is -2.94. The van der Waals surface area contributed by atoms with Crippen LogP contribution >= 0.6 is 0 Å². The second-order valence-electron chi connectivity index (χ2n) is 7.85. The lowest BCUT2D eigenvalue weighted by Crippen LogP contribution is -2.38. The molecular formula is C22H31N5O4. The van der Waals surface area contributed by atoms with Gasteiger partial charge in [-0.15, -0.1) is 0 Å². The lowest BCUT2D eigenvalue weighted by atomic mass is 10.1. The normalized spacial score (nSPS) is 14.7. The first-order valence-corrected chi connectivity index (χ1v) is 11.1. The highest BCUT2D eigenvalue weighted by Gasteiger charge is 2.20. The number of carbonyl (C=O) groups is 1. The van der Waals surface area contributed by atoms with Crippen molar-refractivity contribution in [2.75, 3.05) is 23.7 Å². The SMILES string of the molecule is O=C(NCCCCCNc1c(Nc2ccncc2)c(=O)c1=O)NOC1CCCCCC1. The van der Waals surface area contributed by atoms with Crippen LogP contribution in [0.25, 0.3) is 0 Å². The largest absolute Gasteiger partial charge is 0.380 e. The van der Waals surface area contributed by atoms with Crippen LogP contribution in [0.15, 0.2) is 34.1 Å². The van der Waals surface area contributed by atoms with Gasteiger partial charge in [-0.3, -0.25) is 19.4 Å². The Morgan fingerprint density at radius 2 is 1.61 bits per heavy atom. The van der Waals surface area contributed by atoms with E-state index < -0.39 is 10.9 Å². The summed E-state index contributed by atoms with van der Waals surface area (Å²) in [6.45, 7) is 1.13. The molecule has 1 aromatic carbocycles. The summed E-state index contributed by atoms with van der Waals surface area (Å²) in [5.41, 5.74) is 2.82. The van der Waals surface area contributed by atoms with E-state index in [1.165, 1.54) is 12.8 Å². The van der Waals surface area contributed by atoms with E-state index in [1.54, 1.807) is 24.5 Å². The van der Waals surface area contributed by atoms with Crippen molar-refractivity contribution in [1.82, 2.24) is 15.8 Å². The Bertz CT molecular complexity index is 887. The third kappa shape index (κ3) is 7.06. The number of unbranched alkanes of at least 4 members (excludes halogenated alkanes) is 2. The van der Waals surface area contributed by atoms with Gasteiger partial charge in [0, 0.05) is 31.2 Å². The van der Waals surface area contributed by atoms with Gasteiger partial charge in [0.25, 0.3) is 10.9 Å². The van der Waals surface area contributed by atoms with Crippen LogP contribution in [0, 0.1) is 0 Å². The number of anilines is 3. The lowest BCUT2D eigenvalue weighted by Gasteiger charge is -2.15. The van der Waals surface area contributed by atoms with Crippen LogP contribution in [0.5, 0.6) is 0 Å². The number of rotatable bonds is 11. The number of pyridine rings is 1. The number of hydrogen-bond acceptors (Lipinski definition) is 7. The van der Waals surface area contributed by atoms with Crippen molar-refractivity contribution in [2.24, 2.45) is 0 Å². The summed E-state index contributed by atoms with van der Waals surface area (Å²) in [7, 11) is 0. The molecule has 9 heteroatoms. The van der Waals surface area contributed by atoms with Crippen molar-refractivity contribution in [3.05, 3.63) is 45.0 Å². The number of amides is 2. The van der Waals surface area contributed by atoms with Gasteiger partial charge in [-0.1, -0.05) is 25.7 Å². The fourth-order valence-electron chi connectivity index (χ4n) is 3.63. The molecule has 0 atom stereocenters. The first-order chi connectivity index (χ1) is 15.1. The van der Waals surface area contributed by atoms with E-state index in [2.05, 4.69) is 26.4 Å². The van der Waals surface area contributed by atoms with Gasteiger partial charge in [0.1, 0.15) is 11.4 Å². The van der Waals surface area contributed by atoms with Gasteiger partial charge < -0.3 is 16.0 Å². The fourth-order valence-corrected chi connectivity index (χ4v) is 3.63. The predicted octanol–water partition coefficient (Wildman–Crippen LogP) is 2.96. The van der Waals surface area contributed by atoms with E-state index >= 15 is 0 Å². The molecule has 1 aromatic heterocycles. The van der Waals surface area contributed by atoms with E-state index in [4.69, 9.17) is 4.84 Å². The second-order valence-corrected chi connectivity index (χ2v) is 7.85. The summed E-state index contributed by atoms with van der Waals surface area (Å²) < 4.78 is 0. The molecule has 1 saturated carbocycles.